The third-order valence-corrected chi connectivity index (χ3v) is 4.57. The lowest BCUT2D eigenvalue weighted by Gasteiger charge is -2.04. The van der Waals surface area contributed by atoms with E-state index in [0.717, 1.165) is 27.5 Å². The zero-order valence-corrected chi connectivity index (χ0v) is 14.3. The number of aromatic amines is 3. The van der Waals surface area contributed by atoms with Crippen molar-refractivity contribution >= 4 is 33.5 Å². The molecule has 0 saturated heterocycles. The van der Waals surface area contributed by atoms with E-state index >= 15 is 0 Å². The van der Waals surface area contributed by atoms with Crippen LogP contribution in [0.3, 0.4) is 0 Å². The standard InChI is InChI=1S/C20H16N6O/c27-18(9-12-10-21-14-6-2-1-5-13(12)14)23-17-11-22-26-19(17)20-24-15-7-3-4-8-16(15)25-20/h1-8,10-11,21H,9H2,(H,22,26)(H,23,27)(H,24,25). The summed E-state index contributed by atoms with van der Waals surface area (Å²) in [5, 5.41) is 11.0. The van der Waals surface area contributed by atoms with Gasteiger partial charge in [0.05, 0.1) is 29.3 Å². The van der Waals surface area contributed by atoms with E-state index in [1.165, 1.54) is 0 Å². The summed E-state index contributed by atoms with van der Waals surface area (Å²) in [6.45, 7) is 0. The molecule has 5 aromatic rings. The van der Waals surface area contributed by atoms with Crippen molar-refractivity contribution in [2.45, 2.75) is 6.42 Å². The molecule has 4 N–H and O–H groups in total. The second-order valence-corrected chi connectivity index (χ2v) is 6.35. The number of nitrogens with one attached hydrogen (secondary N) is 4. The zero-order chi connectivity index (χ0) is 18.2. The maximum atomic E-state index is 12.6. The fraction of sp³-hybridized carbons (Fsp3) is 0.0500. The number of benzene rings is 2. The molecule has 0 aliphatic carbocycles. The van der Waals surface area contributed by atoms with Crippen LogP contribution in [-0.2, 0) is 11.2 Å². The Bertz CT molecular complexity index is 1230. The van der Waals surface area contributed by atoms with E-state index < -0.39 is 0 Å². The molecule has 0 unspecified atom stereocenters. The van der Waals surface area contributed by atoms with Gasteiger partial charge in [-0.1, -0.05) is 30.3 Å². The Kier molecular flexibility index (Phi) is 3.50. The molecule has 0 aliphatic heterocycles. The minimum Gasteiger partial charge on any atom is -0.361 e. The van der Waals surface area contributed by atoms with Gasteiger partial charge in [-0.2, -0.15) is 5.10 Å². The van der Waals surface area contributed by atoms with Gasteiger partial charge < -0.3 is 15.3 Å². The molecule has 0 spiro atoms. The highest BCUT2D eigenvalue weighted by Gasteiger charge is 2.15. The molecule has 5 rings (SSSR count). The van der Waals surface area contributed by atoms with Gasteiger partial charge in [0.2, 0.25) is 5.91 Å². The van der Waals surface area contributed by atoms with Crippen LogP contribution in [0, 0.1) is 0 Å². The smallest absolute Gasteiger partial charge is 0.228 e. The van der Waals surface area contributed by atoms with Crippen molar-refractivity contribution in [3.05, 3.63) is 66.5 Å². The summed E-state index contributed by atoms with van der Waals surface area (Å²) in [6.07, 6.45) is 3.74. The number of fused-ring (bicyclic) bond motifs is 2. The number of H-pyrrole nitrogens is 3. The van der Waals surface area contributed by atoms with Gasteiger partial charge in [0.15, 0.2) is 5.82 Å². The fourth-order valence-corrected chi connectivity index (χ4v) is 3.28. The van der Waals surface area contributed by atoms with Crippen LogP contribution in [0.25, 0.3) is 33.5 Å². The summed E-state index contributed by atoms with van der Waals surface area (Å²) in [4.78, 5) is 23.6. The minimum absolute atomic E-state index is 0.112. The Morgan fingerprint density at radius 2 is 1.85 bits per heavy atom. The van der Waals surface area contributed by atoms with Crippen molar-refractivity contribution in [1.29, 1.82) is 0 Å². The first-order chi connectivity index (χ1) is 13.3. The molecule has 27 heavy (non-hydrogen) atoms. The number of nitrogens with zero attached hydrogens (tertiary/aromatic N) is 2. The number of imidazole rings is 1. The van der Waals surface area contributed by atoms with E-state index in [1.54, 1.807) is 6.20 Å². The van der Waals surface area contributed by atoms with Crippen molar-refractivity contribution in [2.24, 2.45) is 0 Å². The van der Waals surface area contributed by atoms with E-state index in [0.29, 0.717) is 17.2 Å². The number of carbonyl (C=O) groups excluding carboxylic acids is 1. The molecular formula is C20H16N6O. The van der Waals surface area contributed by atoms with Gasteiger partial charge in [-0.3, -0.25) is 9.89 Å². The number of hydrogen-bond donors (Lipinski definition) is 4. The van der Waals surface area contributed by atoms with Crippen LogP contribution in [0.4, 0.5) is 5.69 Å². The van der Waals surface area contributed by atoms with Crippen LogP contribution in [0.2, 0.25) is 0 Å². The lowest BCUT2D eigenvalue weighted by molar-refractivity contribution is -0.115. The van der Waals surface area contributed by atoms with Gasteiger partial charge in [-0.15, -0.1) is 0 Å². The Balaban J connectivity index is 1.40. The SMILES string of the molecule is O=C(Cc1c[nH]c2ccccc12)Nc1cn[nH]c1-c1nc2ccccc2[nH]1. The normalized spacial score (nSPS) is 11.3. The maximum Gasteiger partial charge on any atom is 0.228 e. The van der Waals surface area contributed by atoms with Crippen LogP contribution in [0.15, 0.2) is 60.9 Å². The minimum atomic E-state index is -0.112. The largest absolute Gasteiger partial charge is 0.361 e. The van der Waals surface area contributed by atoms with Crippen molar-refractivity contribution in [3.8, 4) is 11.5 Å². The highest BCUT2D eigenvalue weighted by molar-refractivity contribution is 5.98. The summed E-state index contributed by atoms with van der Waals surface area (Å²) < 4.78 is 0. The number of carbonyl (C=O) groups is 1. The highest BCUT2D eigenvalue weighted by atomic mass is 16.1. The summed E-state index contributed by atoms with van der Waals surface area (Å²) >= 11 is 0. The summed E-state index contributed by atoms with van der Waals surface area (Å²) in [5.74, 6) is 0.523. The summed E-state index contributed by atoms with van der Waals surface area (Å²) in [7, 11) is 0. The van der Waals surface area contributed by atoms with Gasteiger partial charge in [0.25, 0.3) is 0 Å². The number of para-hydroxylation sites is 3. The van der Waals surface area contributed by atoms with Gasteiger partial charge in [0, 0.05) is 17.1 Å². The molecule has 0 bridgehead atoms. The average Bonchev–Trinajstić information content (AvgIpc) is 3.40. The van der Waals surface area contributed by atoms with Crippen molar-refractivity contribution < 1.29 is 4.79 Å². The van der Waals surface area contributed by atoms with E-state index in [4.69, 9.17) is 0 Å². The summed E-state index contributed by atoms with van der Waals surface area (Å²) in [6, 6.07) is 15.7. The molecule has 7 heteroatoms. The maximum absolute atomic E-state index is 12.6. The molecule has 132 valence electrons. The molecule has 1 amide bonds. The Hall–Kier alpha value is -3.87. The van der Waals surface area contributed by atoms with Gasteiger partial charge in [0.1, 0.15) is 5.69 Å². The topological polar surface area (TPSA) is 102 Å². The van der Waals surface area contributed by atoms with Gasteiger partial charge in [-0.25, -0.2) is 4.98 Å². The quantitative estimate of drug-likeness (QED) is 0.395. The van der Waals surface area contributed by atoms with Gasteiger partial charge in [-0.05, 0) is 23.8 Å². The second-order valence-electron chi connectivity index (χ2n) is 6.35. The molecule has 0 atom stereocenters. The monoisotopic (exact) mass is 356 g/mol. The predicted octanol–water partition coefficient (Wildman–Crippen LogP) is 3.62. The first-order valence-corrected chi connectivity index (χ1v) is 8.61. The second kappa shape index (κ2) is 6.14. The Morgan fingerprint density at radius 3 is 2.74 bits per heavy atom. The summed E-state index contributed by atoms with van der Waals surface area (Å²) in [5.41, 5.74) is 5.01. The Morgan fingerprint density at radius 1 is 1.04 bits per heavy atom. The lowest BCUT2D eigenvalue weighted by atomic mass is 10.1. The fourth-order valence-electron chi connectivity index (χ4n) is 3.28. The molecule has 0 aliphatic rings. The highest BCUT2D eigenvalue weighted by Crippen LogP contribution is 2.26. The third-order valence-electron chi connectivity index (χ3n) is 4.57. The number of hydrogen-bond acceptors (Lipinski definition) is 3. The van der Waals surface area contributed by atoms with E-state index in [1.807, 2.05) is 54.7 Å². The van der Waals surface area contributed by atoms with Crippen molar-refractivity contribution in [1.82, 2.24) is 25.1 Å². The first-order valence-electron chi connectivity index (χ1n) is 8.61. The molecule has 0 fully saturated rings. The van der Waals surface area contributed by atoms with E-state index in [9.17, 15) is 4.79 Å². The van der Waals surface area contributed by atoms with Crippen LogP contribution in [0.1, 0.15) is 5.56 Å². The number of amides is 1. The van der Waals surface area contributed by atoms with Crippen LogP contribution in [-0.4, -0.2) is 31.1 Å². The molecule has 3 aromatic heterocycles. The Labute approximate surface area is 153 Å². The lowest BCUT2D eigenvalue weighted by Crippen LogP contribution is -2.14. The number of aromatic nitrogens is 5. The molecule has 0 radical (unpaired) electrons. The molecule has 3 heterocycles. The van der Waals surface area contributed by atoms with Crippen LogP contribution >= 0.6 is 0 Å². The molecule has 7 nitrogen and oxygen atoms in total. The average molecular weight is 356 g/mol. The number of rotatable bonds is 4. The first kappa shape index (κ1) is 15.4. The van der Waals surface area contributed by atoms with Crippen molar-refractivity contribution in [2.75, 3.05) is 5.32 Å². The molecule has 0 saturated carbocycles. The molecule has 2 aromatic carbocycles. The molecular weight excluding hydrogens is 340 g/mol. The van der Waals surface area contributed by atoms with Crippen LogP contribution < -0.4 is 5.32 Å². The van der Waals surface area contributed by atoms with Crippen molar-refractivity contribution in [3.63, 3.8) is 0 Å². The third kappa shape index (κ3) is 2.75. The predicted molar refractivity (Wildman–Crippen MR) is 104 cm³/mol. The van der Waals surface area contributed by atoms with Crippen LogP contribution in [0.5, 0.6) is 0 Å². The van der Waals surface area contributed by atoms with E-state index in [2.05, 4.69) is 30.5 Å². The van der Waals surface area contributed by atoms with E-state index in [-0.39, 0.29) is 12.3 Å². The number of anilines is 1. The van der Waals surface area contributed by atoms with Gasteiger partial charge >= 0.3 is 0 Å². The zero-order valence-electron chi connectivity index (χ0n) is 14.3.